The number of hydrogen-bond donors (Lipinski definition) is 2. The summed E-state index contributed by atoms with van der Waals surface area (Å²) in [6.45, 7) is 1.73. The van der Waals surface area contributed by atoms with Crippen LogP contribution in [-0.4, -0.2) is 34.5 Å². The van der Waals surface area contributed by atoms with Gasteiger partial charge < -0.3 is 10.2 Å². The van der Waals surface area contributed by atoms with Crippen molar-refractivity contribution < 1.29 is 19.8 Å². The molecule has 1 aliphatic rings. The first-order chi connectivity index (χ1) is 12.1. The van der Waals surface area contributed by atoms with Crippen molar-refractivity contribution in [2.75, 3.05) is 6.61 Å². The molecule has 2 N–H and O–H groups in total. The van der Waals surface area contributed by atoms with E-state index in [2.05, 4.69) is 6.92 Å². The number of allylic oxidation sites excluding steroid dienone is 5. The predicted octanol–water partition coefficient (Wildman–Crippen LogP) is 3.53. The van der Waals surface area contributed by atoms with Gasteiger partial charge in [-0.25, -0.2) is 0 Å². The number of aliphatic hydroxyl groups excluding tert-OH is 2. The largest absolute Gasteiger partial charge is 0.393 e. The van der Waals surface area contributed by atoms with Crippen LogP contribution in [0, 0.1) is 11.8 Å². The van der Waals surface area contributed by atoms with Crippen molar-refractivity contribution in [2.24, 2.45) is 11.8 Å². The van der Waals surface area contributed by atoms with E-state index < -0.39 is 0 Å². The van der Waals surface area contributed by atoms with E-state index in [-0.39, 0.29) is 36.1 Å². The normalized spacial score (nSPS) is 21.6. The Labute approximate surface area is 151 Å². The number of rotatable bonds is 13. The third kappa shape index (κ3) is 8.94. The lowest BCUT2D eigenvalue weighted by Gasteiger charge is -2.13. The quantitative estimate of drug-likeness (QED) is 0.394. The molecule has 0 saturated carbocycles. The number of carbonyl (C=O) groups excluding carboxylic acids is 2. The smallest absolute Gasteiger partial charge is 0.159 e. The molecule has 0 saturated heterocycles. The maximum atomic E-state index is 12.0. The molecule has 0 aromatic heterocycles. The molecule has 0 bridgehead atoms. The predicted molar refractivity (Wildman–Crippen MR) is 100 cm³/mol. The van der Waals surface area contributed by atoms with E-state index in [0.717, 1.165) is 32.1 Å². The van der Waals surface area contributed by atoms with Gasteiger partial charge in [-0.15, -0.1) is 0 Å². The molecule has 140 valence electrons. The molecule has 0 aliphatic heterocycles. The minimum atomic E-state index is -0.382. The summed E-state index contributed by atoms with van der Waals surface area (Å²) in [5, 5.41) is 18.5. The average Bonchev–Trinajstić information content (AvgIpc) is 2.95. The second-order valence-electron chi connectivity index (χ2n) is 6.70. The van der Waals surface area contributed by atoms with Crippen LogP contribution in [0.4, 0.5) is 0 Å². The Bertz CT molecular complexity index is 490. The Morgan fingerprint density at radius 2 is 2.08 bits per heavy atom. The summed E-state index contributed by atoms with van der Waals surface area (Å²) in [6, 6.07) is 0. The molecular formula is C21H32O4. The van der Waals surface area contributed by atoms with Crippen molar-refractivity contribution in [3.05, 3.63) is 36.5 Å². The molecule has 0 aromatic carbocycles. The van der Waals surface area contributed by atoms with Crippen LogP contribution in [-0.2, 0) is 9.59 Å². The summed E-state index contributed by atoms with van der Waals surface area (Å²) in [6.07, 6.45) is 17.5. The lowest BCUT2D eigenvalue weighted by molar-refractivity contribution is -0.121. The summed E-state index contributed by atoms with van der Waals surface area (Å²) in [7, 11) is 0. The number of ketones is 2. The second kappa shape index (κ2) is 12.8. The van der Waals surface area contributed by atoms with Crippen LogP contribution >= 0.6 is 0 Å². The molecule has 0 fully saturated rings. The summed E-state index contributed by atoms with van der Waals surface area (Å²) in [5.74, 6) is 0.0713. The van der Waals surface area contributed by atoms with Crippen LogP contribution in [0.3, 0.4) is 0 Å². The van der Waals surface area contributed by atoms with Crippen LogP contribution < -0.4 is 0 Å². The third-order valence-corrected chi connectivity index (χ3v) is 4.53. The molecule has 0 amide bonds. The highest BCUT2D eigenvalue weighted by molar-refractivity contribution is 5.95. The molecule has 4 nitrogen and oxygen atoms in total. The Kier molecular flexibility index (Phi) is 11.0. The SMILES string of the molecule is CCCC[C@@H](O)C/C=C/[C@H]1C=CC(=O)[C@@H]1C/C=C\CCCC(=O)CO. The van der Waals surface area contributed by atoms with E-state index in [1.165, 1.54) is 0 Å². The van der Waals surface area contributed by atoms with E-state index in [4.69, 9.17) is 5.11 Å². The molecule has 1 rings (SSSR count). The van der Waals surface area contributed by atoms with Gasteiger partial charge in [0, 0.05) is 18.3 Å². The van der Waals surface area contributed by atoms with Gasteiger partial charge >= 0.3 is 0 Å². The van der Waals surface area contributed by atoms with Crippen molar-refractivity contribution in [2.45, 2.75) is 64.4 Å². The number of Topliss-reactive ketones (excluding diaryl/α,β-unsaturated/α-hetero) is 1. The number of hydrogen-bond acceptors (Lipinski definition) is 4. The third-order valence-electron chi connectivity index (χ3n) is 4.53. The molecule has 0 heterocycles. The fourth-order valence-electron chi connectivity index (χ4n) is 2.93. The van der Waals surface area contributed by atoms with Gasteiger partial charge in [0.15, 0.2) is 11.6 Å². The summed E-state index contributed by atoms with van der Waals surface area (Å²) >= 11 is 0. The van der Waals surface area contributed by atoms with Crippen molar-refractivity contribution in [3.63, 3.8) is 0 Å². The van der Waals surface area contributed by atoms with E-state index in [9.17, 15) is 14.7 Å². The van der Waals surface area contributed by atoms with Crippen molar-refractivity contribution in [1.29, 1.82) is 0 Å². The first-order valence-electron chi connectivity index (χ1n) is 9.42. The van der Waals surface area contributed by atoms with Gasteiger partial charge in [0.2, 0.25) is 0 Å². The Morgan fingerprint density at radius 3 is 2.80 bits per heavy atom. The topological polar surface area (TPSA) is 74.6 Å². The van der Waals surface area contributed by atoms with E-state index >= 15 is 0 Å². The zero-order chi connectivity index (χ0) is 18.5. The molecule has 3 atom stereocenters. The van der Waals surface area contributed by atoms with Crippen molar-refractivity contribution >= 4 is 11.6 Å². The second-order valence-corrected chi connectivity index (χ2v) is 6.70. The van der Waals surface area contributed by atoms with Gasteiger partial charge in [-0.3, -0.25) is 9.59 Å². The molecule has 0 radical (unpaired) electrons. The molecule has 0 aromatic rings. The van der Waals surface area contributed by atoms with Crippen LogP contribution in [0.5, 0.6) is 0 Å². The zero-order valence-electron chi connectivity index (χ0n) is 15.3. The standard InChI is InChI=1S/C21H32O4/c1-2-3-10-18(23)12-8-9-17-14-15-21(25)20(17)13-7-5-4-6-11-19(24)16-22/h5,7-9,14-15,17-18,20,22-23H,2-4,6,10-13,16H2,1H3/b7-5-,9-8+/t17-,18+,20+/m0/s1. The average molecular weight is 348 g/mol. The lowest BCUT2D eigenvalue weighted by Crippen LogP contribution is -2.13. The summed E-state index contributed by atoms with van der Waals surface area (Å²) in [5.41, 5.74) is 0. The lowest BCUT2D eigenvalue weighted by atomic mass is 9.90. The van der Waals surface area contributed by atoms with E-state index in [1.54, 1.807) is 6.08 Å². The summed E-state index contributed by atoms with van der Waals surface area (Å²) < 4.78 is 0. The molecule has 0 spiro atoms. The number of aliphatic hydroxyl groups is 2. The van der Waals surface area contributed by atoms with Gasteiger partial charge in [0.05, 0.1) is 6.10 Å². The fraction of sp³-hybridized carbons (Fsp3) is 0.619. The van der Waals surface area contributed by atoms with Crippen LogP contribution in [0.25, 0.3) is 0 Å². The van der Waals surface area contributed by atoms with Gasteiger partial charge in [-0.05, 0) is 38.2 Å². The van der Waals surface area contributed by atoms with Gasteiger partial charge in [0.1, 0.15) is 6.61 Å². The number of carbonyl (C=O) groups is 2. The fourth-order valence-corrected chi connectivity index (χ4v) is 2.93. The van der Waals surface area contributed by atoms with Gasteiger partial charge in [0.25, 0.3) is 0 Å². The minimum Gasteiger partial charge on any atom is -0.393 e. The van der Waals surface area contributed by atoms with Crippen molar-refractivity contribution in [1.82, 2.24) is 0 Å². The zero-order valence-corrected chi connectivity index (χ0v) is 15.3. The molecular weight excluding hydrogens is 316 g/mol. The Balaban J connectivity index is 2.34. The van der Waals surface area contributed by atoms with Crippen LogP contribution in [0.15, 0.2) is 36.5 Å². The molecule has 25 heavy (non-hydrogen) atoms. The first-order valence-corrected chi connectivity index (χ1v) is 9.42. The minimum absolute atomic E-state index is 0.0561. The molecule has 4 heteroatoms. The number of unbranched alkanes of at least 4 members (excludes halogenated alkanes) is 2. The maximum absolute atomic E-state index is 12.0. The van der Waals surface area contributed by atoms with Crippen molar-refractivity contribution in [3.8, 4) is 0 Å². The van der Waals surface area contributed by atoms with Crippen LogP contribution in [0.2, 0.25) is 0 Å². The Hall–Kier alpha value is -1.52. The van der Waals surface area contributed by atoms with Crippen LogP contribution in [0.1, 0.15) is 58.3 Å². The molecule has 0 unspecified atom stereocenters. The monoisotopic (exact) mass is 348 g/mol. The highest BCUT2D eigenvalue weighted by Crippen LogP contribution is 2.27. The first kappa shape index (κ1) is 21.5. The Morgan fingerprint density at radius 1 is 1.28 bits per heavy atom. The highest BCUT2D eigenvalue weighted by atomic mass is 16.3. The highest BCUT2D eigenvalue weighted by Gasteiger charge is 2.26. The maximum Gasteiger partial charge on any atom is 0.159 e. The molecule has 1 aliphatic carbocycles. The van der Waals surface area contributed by atoms with Gasteiger partial charge in [-0.2, -0.15) is 0 Å². The van der Waals surface area contributed by atoms with E-state index in [0.29, 0.717) is 19.3 Å². The van der Waals surface area contributed by atoms with E-state index in [1.807, 2.05) is 30.4 Å². The summed E-state index contributed by atoms with van der Waals surface area (Å²) in [4.78, 5) is 23.0. The van der Waals surface area contributed by atoms with Gasteiger partial charge in [-0.1, -0.05) is 50.1 Å².